The van der Waals surface area contributed by atoms with E-state index in [1.165, 1.54) is 13.4 Å². The molecule has 1 aliphatic rings. The van der Waals surface area contributed by atoms with Crippen molar-refractivity contribution >= 4 is 21.5 Å². The van der Waals surface area contributed by atoms with Crippen LogP contribution in [0.2, 0.25) is 0 Å². The number of oxime groups is 1. The summed E-state index contributed by atoms with van der Waals surface area (Å²) < 4.78 is 35.6. The van der Waals surface area contributed by atoms with Gasteiger partial charge in [0.05, 0.1) is 18.5 Å². The van der Waals surface area contributed by atoms with Crippen LogP contribution < -0.4 is 0 Å². The predicted molar refractivity (Wildman–Crippen MR) is 134 cm³/mol. The molecule has 1 amide bonds. The summed E-state index contributed by atoms with van der Waals surface area (Å²) in [7, 11) is -2.16. The van der Waals surface area contributed by atoms with Crippen molar-refractivity contribution in [3.63, 3.8) is 0 Å². The molecule has 1 saturated heterocycles. The minimum atomic E-state index is -3.59. The zero-order chi connectivity index (χ0) is 25.8. The molecule has 10 nitrogen and oxygen atoms in total. The fourth-order valence-corrected chi connectivity index (χ4v) is 5.47. The van der Waals surface area contributed by atoms with Crippen LogP contribution in [0.1, 0.15) is 40.3 Å². The van der Waals surface area contributed by atoms with E-state index in [0.29, 0.717) is 23.5 Å². The molecule has 2 aromatic carbocycles. The van der Waals surface area contributed by atoms with Gasteiger partial charge in [-0.2, -0.15) is 4.98 Å². The summed E-state index contributed by atoms with van der Waals surface area (Å²) in [5, 5.41) is 7.87. The van der Waals surface area contributed by atoms with Crippen LogP contribution in [-0.4, -0.2) is 48.7 Å². The zero-order valence-corrected chi connectivity index (χ0v) is 20.8. The lowest BCUT2D eigenvalue weighted by Crippen LogP contribution is -2.31. The summed E-state index contributed by atoms with van der Waals surface area (Å²) in [5.41, 5.74) is 3.17. The lowest BCUT2D eigenvalue weighted by Gasteiger charge is -2.21. The van der Waals surface area contributed by atoms with Crippen LogP contribution in [0.4, 0.5) is 0 Å². The number of carbonyl (C=O) groups excluding carboxylic acids is 1. The smallest absolute Gasteiger partial charge is 0.254 e. The van der Waals surface area contributed by atoms with Gasteiger partial charge in [0.25, 0.3) is 5.91 Å². The van der Waals surface area contributed by atoms with Gasteiger partial charge in [-0.05, 0) is 35.4 Å². The summed E-state index contributed by atoms with van der Waals surface area (Å²) in [6, 6.07) is 19.8. The average molecular weight is 521 g/mol. The summed E-state index contributed by atoms with van der Waals surface area (Å²) >= 11 is 0. The van der Waals surface area contributed by atoms with E-state index in [2.05, 4.69) is 15.3 Å². The number of rotatable bonds is 8. The van der Waals surface area contributed by atoms with E-state index in [9.17, 15) is 13.2 Å². The van der Waals surface area contributed by atoms with Gasteiger partial charge >= 0.3 is 0 Å². The molecule has 0 aliphatic carbocycles. The number of carbonyl (C=O) groups is 1. The molecule has 0 spiro atoms. The van der Waals surface area contributed by atoms with E-state index in [4.69, 9.17) is 13.8 Å². The summed E-state index contributed by atoms with van der Waals surface area (Å²) in [6.07, 6.45) is 1.74. The molecule has 0 saturated carbocycles. The Morgan fingerprint density at radius 2 is 1.81 bits per heavy atom. The third kappa shape index (κ3) is 5.61. The molecule has 2 aromatic heterocycles. The number of sulfone groups is 1. The van der Waals surface area contributed by atoms with Crippen LogP contribution >= 0.6 is 0 Å². The Balaban J connectivity index is 1.35. The standard InChI is InChI=1S/C26H24N4O6S/c1-34-28-21-14-23(25-27-24(29-36-25)17-37(32,33)16-22-8-5-13-35-22)30(15-21)26(31)20-11-9-19(10-12-20)18-6-3-2-4-7-18/h2-13,23H,14-17H2,1H3/t23-/m0/s1. The first-order chi connectivity index (χ1) is 17.9. The number of amides is 1. The molecule has 37 heavy (non-hydrogen) atoms. The summed E-state index contributed by atoms with van der Waals surface area (Å²) in [5.74, 6) is -0.456. The highest BCUT2D eigenvalue weighted by atomic mass is 32.2. The summed E-state index contributed by atoms with van der Waals surface area (Å²) in [6.45, 7) is 0.215. The fraction of sp³-hybridized carbons (Fsp3) is 0.231. The van der Waals surface area contributed by atoms with Crippen LogP contribution in [-0.2, 0) is 26.2 Å². The highest BCUT2D eigenvalue weighted by Gasteiger charge is 2.38. The van der Waals surface area contributed by atoms with E-state index < -0.39 is 21.6 Å². The van der Waals surface area contributed by atoms with Crippen molar-refractivity contribution in [1.82, 2.24) is 15.0 Å². The molecule has 1 atom stereocenters. The number of hydrogen-bond donors (Lipinski definition) is 0. The lowest BCUT2D eigenvalue weighted by molar-refractivity contribution is 0.0713. The van der Waals surface area contributed by atoms with Crippen molar-refractivity contribution in [3.8, 4) is 11.1 Å². The van der Waals surface area contributed by atoms with Crippen molar-refractivity contribution in [1.29, 1.82) is 0 Å². The topological polar surface area (TPSA) is 128 Å². The lowest BCUT2D eigenvalue weighted by atomic mass is 10.0. The Hall–Kier alpha value is -4.25. The quantitative estimate of drug-likeness (QED) is 0.319. The van der Waals surface area contributed by atoms with Crippen molar-refractivity contribution < 1.29 is 27.0 Å². The normalized spacial score (nSPS) is 16.8. The Morgan fingerprint density at radius 3 is 2.51 bits per heavy atom. The van der Waals surface area contributed by atoms with Gasteiger partial charge in [0.15, 0.2) is 15.7 Å². The minimum absolute atomic E-state index is 0.0123. The molecular formula is C26H24N4O6S. The Morgan fingerprint density at radius 1 is 1.05 bits per heavy atom. The van der Waals surface area contributed by atoms with Gasteiger partial charge in [-0.25, -0.2) is 8.42 Å². The van der Waals surface area contributed by atoms with Crippen molar-refractivity contribution in [3.05, 3.63) is 96.0 Å². The minimum Gasteiger partial charge on any atom is -0.468 e. The average Bonchev–Trinajstić information content (AvgIpc) is 3.66. The number of aromatic nitrogens is 2. The highest BCUT2D eigenvalue weighted by molar-refractivity contribution is 7.89. The largest absolute Gasteiger partial charge is 0.468 e. The van der Waals surface area contributed by atoms with Crippen LogP contribution in [0.5, 0.6) is 0 Å². The number of hydrogen-bond acceptors (Lipinski definition) is 9. The van der Waals surface area contributed by atoms with Crippen LogP contribution in [0.25, 0.3) is 11.1 Å². The Labute approximate surface area is 213 Å². The van der Waals surface area contributed by atoms with Gasteiger partial charge in [-0.3, -0.25) is 4.79 Å². The van der Waals surface area contributed by atoms with Gasteiger partial charge in [-0.1, -0.05) is 52.8 Å². The predicted octanol–water partition coefficient (Wildman–Crippen LogP) is 4.03. The molecule has 190 valence electrons. The third-order valence-electron chi connectivity index (χ3n) is 5.94. The first-order valence-corrected chi connectivity index (χ1v) is 13.3. The van der Waals surface area contributed by atoms with E-state index in [1.807, 2.05) is 42.5 Å². The second-order valence-electron chi connectivity index (χ2n) is 8.60. The molecule has 1 aliphatic heterocycles. The van der Waals surface area contributed by atoms with Crippen LogP contribution in [0, 0.1) is 0 Å². The van der Waals surface area contributed by atoms with Gasteiger partial charge in [0.2, 0.25) is 5.89 Å². The molecule has 0 radical (unpaired) electrons. The maximum Gasteiger partial charge on any atom is 0.254 e. The zero-order valence-electron chi connectivity index (χ0n) is 20.0. The molecule has 0 bridgehead atoms. The van der Waals surface area contributed by atoms with Gasteiger partial charge in [0.1, 0.15) is 30.4 Å². The van der Waals surface area contributed by atoms with E-state index >= 15 is 0 Å². The second-order valence-corrected chi connectivity index (χ2v) is 10.7. The monoisotopic (exact) mass is 520 g/mol. The van der Waals surface area contributed by atoms with Crippen molar-refractivity contribution in [2.45, 2.75) is 24.0 Å². The molecule has 11 heteroatoms. The fourth-order valence-electron chi connectivity index (χ4n) is 4.26. The van der Waals surface area contributed by atoms with Gasteiger partial charge in [0, 0.05) is 12.0 Å². The highest BCUT2D eigenvalue weighted by Crippen LogP contribution is 2.32. The van der Waals surface area contributed by atoms with E-state index in [0.717, 1.165) is 11.1 Å². The SMILES string of the molecule is CON=C1C[C@@H](c2nc(CS(=O)(=O)Cc3ccco3)no2)N(C(=O)c2ccc(-c3ccccc3)cc2)C1. The summed E-state index contributed by atoms with van der Waals surface area (Å²) in [4.78, 5) is 24.3. The second kappa shape index (κ2) is 10.4. The Kier molecular flexibility index (Phi) is 6.87. The molecular weight excluding hydrogens is 496 g/mol. The molecule has 0 unspecified atom stereocenters. The van der Waals surface area contributed by atoms with Crippen molar-refractivity contribution in [2.24, 2.45) is 5.16 Å². The maximum atomic E-state index is 13.5. The first kappa shape index (κ1) is 24.4. The van der Waals surface area contributed by atoms with Gasteiger partial charge < -0.3 is 18.7 Å². The number of benzene rings is 2. The van der Waals surface area contributed by atoms with Crippen molar-refractivity contribution in [2.75, 3.05) is 13.7 Å². The molecule has 0 N–H and O–H groups in total. The third-order valence-corrected chi connectivity index (χ3v) is 7.36. The number of likely N-dealkylation sites (tertiary alicyclic amines) is 1. The van der Waals surface area contributed by atoms with Crippen LogP contribution in [0.15, 0.2) is 87.1 Å². The molecule has 3 heterocycles. The van der Waals surface area contributed by atoms with E-state index in [1.54, 1.807) is 29.2 Å². The number of nitrogens with zero attached hydrogens (tertiary/aromatic N) is 4. The molecule has 4 aromatic rings. The van der Waals surface area contributed by atoms with E-state index in [-0.39, 0.29) is 29.9 Å². The number of furan rings is 1. The van der Waals surface area contributed by atoms with Crippen LogP contribution in [0.3, 0.4) is 0 Å². The maximum absolute atomic E-state index is 13.5. The molecule has 1 fully saturated rings. The first-order valence-electron chi connectivity index (χ1n) is 11.5. The Bertz CT molecular complexity index is 1500. The van der Waals surface area contributed by atoms with Gasteiger partial charge in [-0.15, -0.1) is 0 Å². The molecule has 5 rings (SSSR count).